The summed E-state index contributed by atoms with van der Waals surface area (Å²) in [7, 11) is 2.07. The molecular weight excluding hydrogens is 577 g/mol. The summed E-state index contributed by atoms with van der Waals surface area (Å²) in [5.74, 6) is -3.97. The number of hydrogen-bond acceptors (Lipinski definition) is 6. The molecule has 1 amide bonds. The second-order valence-corrected chi connectivity index (χ2v) is 12.5. The van der Waals surface area contributed by atoms with E-state index in [1.807, 2.05) is 0 Å². The van der Waals surface area contributed by atoms with Crippen molar-refractivity contribution in [1.82, 2.24) is 9.80 Å². The first-order valence-electron chi connectivity index (χ1n) is 14.4. The SMILES string of the molecule is CCC1CCCOc2cc(CC3SC(N4CCN(C)CC4)=NC3=O)ccc2OCC2=C(C=C(C(F)(F)F)CC2)C1(F)F. The van der Waals surface area contributed by atoms with E-state index in [1.165, 1.54) is 11.8 Å². The molecule has 1 fully saturated rings. The van der Waals surface area contributed by atoms with Gasteiger partial charge in [0, 0.05) is 43.2 Å². The third kappa shape index (κ3) is 6.79. The lowest BCUT2D eigenvalue weighted by molar-refractivity contribution is -0.117. The van der Waals surface area contributed by atoms with Gasteiger partial charge in [0.15, 0.2) is 16.7 Å². The Labute approximate surface area is 247 Å². The lowest BCUT2D eigenvalue weighted by atomic mass is 9.81. The molecule has 230 valence electrons. The summed E-state index contributed by atoms with van der Waals surface area (Å²) in [6.45, 7) is 4.98. The second-order valence-electron chi connectivity index (χ2n) is 11.3. The van der Waals surface area contributed by atoms with Crippen molar-refractivity contribution in [2.75, 3.05) is 46.4 Å². The number of allylic oxidation sites excluding steroid dienone is 3. The minimum Gasteiger partial charge on any atom is -0.490 e. The molecule has 12 heteroatoms. The van der Waals surface area contributed by atoms with E-state index in [1.54, 1.807) is 25.1 Å². The smallest absolute Gasteiger partial charge is 0.412 e. The third-order valence-corrected chi connectivity index (χ3v) is 9.63. The highest BCUT2D eigenvalue weighted by molar-refractivity contribution is 8.15. The zero-order chi connectivity index (χ0) is 30.1. The summed E-state index contributed by atoms with van der Waals surface area (Å²) in [5, 5.41) is 0.396. The van der Waals surface area contributed by atoms with Gasteiger partial charge in [0.2, 0.25) is 0 Å². The maximum atomic E-state index is 15.7. The number of carbonyl (C=O) groups is 1. The minimum absolute atomic E-state index is 0.102. The number of likely N-dealkylation sites (N-methyl/N-ethyl adjacent to an activating group) is 1. The molecule has 0 aromatic heterocycles. The number of nitrogens with zero attached hydrogens (tertiary/aromatic N) is 3. The highest BCUT2D eigenvalue weighted by Gasteiger charge is 2.46. The first kappa shape index (κ1) is 30.8. The molecule has 4 aliphatic rings. The number of alkyl halides is 5. The quantitative estimate of drug-likeness (QED) is 0.375. The van der Waals surface area contributed by atoms with Gasteiger partial charge in [-0.15, -0.1) is 0 Å². The number of halogens is 5. The van der Waals surface area contributed by atoms with E-state index in [0.29, 0.717) is 30.4 Å². The fourth-order valence-corrected chi connectivity index (χ4v) is 6.94. The van der Waals surface area contributed by atoms with Crippen molar-refractivity contribution in [3.8, 4) is 11.5 Å². The predicted octanol–water partition coefficient (Wildman–Crippen LogP) is 6.27. The van der Waals surface area contributed by atoms with Gasteiger partial charge in [-0.25, -0.2) is 8.78 Å². The molecule has 0 saturated carbocycles. The molecule has 1 aliphatic carbocycles. The molecule has 0 radical (unpaired) electrons. The summed E-state index contributed by atoms with van der Waals surface area (Å²) in [6, 6.07) is 5.28. The van der Waals surface area contributed by atoms with Gasteiger partial charge >= 0.3 is 6.18 Å². The molecule has 2 atom stereocenters. The third-order valence-electron chi connectivity index (χ3n) is 8.41. The van der Waals surface area contributed by atoms with Crippen molar-refractivity contribution in [3.05, 3.63) is 46.6 Å². The van der Waals surface area contributed by atoms with E-state index in [-0.39, 0.29) is 55.6 Å². The van der Waals surface area contributed by atoms with E-state index >= 15 is 8.78 Å². The van der Waals surface area contributed by atoms with Crippen molar-refractivity contribution in [2.45, 2.75) is 62.8 Å². The van der Waals surface area contributed by atoms with Crippen LogP contribution in [0.5, 0.6) is 11.5 Å². The van der Waals surface area contributed by atoms with Crippen molar-refractivity contribution < 1.29 is 36.2 Å². The molecule has 42 heavy (non-hydrogen) atoms. The molecule has 3 heterocycles. The zero-order valence-corrected chi connectivity index (χ0v) is 24.6. The summed E-state index contributed by atoms with van der Waals surface area (Å²) >= 11 is 1.47. The summed E-state index contributed by atoms with van der Waals surface area (Å²) in [4.78, 5) is 21.4. The molecule has 1 aromatic rings. The lowest BCUT2D eigenvalue weighted by Gasteiger charge is -2.33. The topological polar surface area (TPSA) is 54.4 Å². The maximum absolute atomic E-state index is 15.7. The number of amides is 1. The van der Waals surface area contributed by atoms with Gasteiger partial charge < -0.3 is 19.3 Å². The number of amidine groups is 1. The largest absolute Gasteiger partial charge is 0.490 e. The average Bonchev–Trinajstić information content (AvgIpc) is 3.31. The van der Waals surface area contributed by atoms with Crippen LogP contribution >= 0.6 is 11.8 Å². The van der Waals surface area contributed by atoms with E-state index in [9.17, 15) is 18.0 Å². The molecule has 3 aliphatic heterocycles. The Bertz CT molecular complexity index is 1270. The summed E-state index contributed by atoms with van der Waals surface area (Å²) < 4.78 is 83.8. The molecule has 1 saturated heterocycles. The number of aliphatic imine (C=N–C) groups is 1. The Morgan fingerprint density at radius 2 is 1.86 bits per heavy atom. The number of piperazine rings is 1. The molecule has 6 nitrogen and oxygen atoms in total. The van der Waals surface area contributed by atoms with Crippen molar-refractivity contribution in [3.63, 3.8) is 0 Å². The molecule has 0 N–H and O–H groups in total. The highest BCUT2D eigenvalue weighted by atomic mass is 32.2. The van der Waals surface area contributed by atoms with Crippen LogP contribution in [0.2, 0.25) is 0 Å². The van der Waals surface area contributed by atoms with Crippen LogP contribution < -0.4 is 9.47 Å². The van der Waals surface area contributed by atoms with E-state index in [2.05, 4.69) is 21.8 Å². The number of hydrogen-bond donors (Lipinski definition) is 0. The summed E-state index contributed by atoms with van der Waals surface area (Å²) in [6.07, 6.45) is -3.58. The van der Waals surface area contributed by atoms with Crippen molar-refractivity contribution in [2.24, 2.45) is 10.9 Å². The normalized spacial score (nSPS) is 25.8. The minimum atomic E-state index is -4.66. The van der Waals surface area contributed by atoms with Gasteiger partial charge in [0.25, 0.3) is 11.8 Å². The van der Waals surface area contributed by atoms with Gasteiger partial charge in [0.05, 0.1) is 11.9 Å². The van der Waals surface area contributed by atoms with Crippen molar-refractivity contribution in [1.29, 1.82) is 0 Å². The Kier molecular flexibility index (Phi) is 9.22. The van der Waals surface area contributed by atoms with E-state index < -0.39 is 29.2 Å². The average molecular weight is 614 g/mol. The monoisotopic (exact) mass is 613 g/mol. The van der Waals surface area contributed by atoms with Crippen LogP contribution in [0.1, 0.15) is 44.6 Å². The van der Waals surface area contributed by atoms with Gasteiger partial charge in [-0.05, 0) is 74.9 Å². The molecule has 1 aromatic carbocycles. The number of ether oxygens (including phenoxy) is 2. The standard InChI is InChI=1S/C30H36F5N3O3S/c1-3-21-5-4-14-40-25-15-19(16-26-27(39)36-28(42-26)38-12-10-37(2)11-13-38)6-9-24(25)41-18-20-7-8-22(30(33,34)35)17-23(20)29(21,31)32/h6,9,15,17,21,26H,3-5,7-8,10-14,16,18H2,1-2H3. The van der Waals surface area contributed by atoms with Crippen LogP contribution in [0, 0.1) is 5.92 Å². The van der Waals surface area contributed by atoms with Gasteiger partial charge in [0.1, 0.15) is 6.61 Å². The maximum Gasteiger partial charge on any atom is 0.412 e. The first-order chi connectivity index (χ1) is 20.0. The van der Waals surface area contributed by atoms with Crippen LogP contribution in [0.4, 0.5) is 22.0 Å². The van der Waals surface area contributed by atoms with Crippen LogP contribution in [-0.2, 0) is 11.2 Å². The Morgan fingerprint density at radius 3 is 2.57 bits per heavy atom. The summed E-state index contributed by atoms with van der Waals surface area (Å²) in [5.41, 5.74) is -0.488. The zero-order valence-electron chi connectivity index (χ0n) is 23.8. The molecule has 0 spiro atoms. The molecule has 5 rings (SSSR count). The van der Waals surface area contributed by atoms with Crippen molar-refractivity contribution >= 4 is 22.8 Å². The molecule has 2 unspecified atom stereocenters. The Balaban J connectivity index is 1.35. The van der Waals surface area contributed by atoms with Crippen LogP contribution in [0.3, 0.4) is 0 Å². The van der Waals surface area contributed by atoms with Crippen LogP contribution in [0.25, 0.3) is 0 Å². The molecule has 0 bridgehead atoms. The highest BCUT2D eigenvalue weighted by Crippen LogP contribution is 2.46. The second kappa shape index (κ2) is 12.6. The van der Waals surface area contributed by atoms with E-state index in [0.717, 1.165) is 36.9 Å². The predicted molar refractivity (Wildman–Crippen MR) is 152 cm³/mol. The fraction of sp³-hybridized carbons (Fsp3) is 0.600. The lowest BCUT2D eigenvalue weighted by Crippen LogP contribution is -2.46. The Hall–Kier alpha value is -2.60. The first-order valence-corrected chi connectivity index (χ1v) is 15.3. The number of carbonyl (C=O) groups excluding carboxylic acids is 1. The van der Waals surface area contributed by atoms with Crippen LogP contribution in [-0.4, -0.2) is 84.7 Å². The van der Waals surface area contributed by atoms with Crippen LogP contribution in [0.15, 0.2) is 46.0 Å². The number of benzene rings is 1. The Morgan fingerprint density at radius 1 is 1.10 bits per heavy atom. The van der Waals surface area contributed by atoms with Gasteiger partial charge in [-0.2, -0.15) is 18.2 Å². The van der Waals surface area contributed by atoms with E-state index in [4.69, 9.17) is 9.47 Å². The number of fused-ring (bicyclic) bond motifs is 1. The number of thioether (sulfide) groups is 1. The number of rotatable bonds is 3. The fourth-order valence-electron chi connectivity index (χ4n) is 5.78. The molecular formula is C30H36F5N3O3S. The van der Waals surface area contributed by atoms with Gasteiger partial charge in [-0.3, -0.25) is 4.79 Å². The van der Waals surface area contributed by atoms with Gasteiger partial charge in [-0.1, -0.05) is 24.8 Å².